The van der Waals surface area contributed by atoms with Crippen LogP contribution in [-0.2, 0) is 23.1 Å². The lowest BCUT2D eigenvalue weighted by molar-refractivity contribution is -0.145. The van der Waals surface area contributed by atoms with Crippen molar-refractivity contribution in [3.63, 3.8) is 0 Å². The van der Waals surface area contributed by atoms with Crippen LogP contribution in [0, 0.1) is 11.8 Å². The topological polar surface area (TPSA) is 61.8 Å². The zero-order chi connectivity index (χ0) is 12.8. The molecule has 0 saturated carbocycles. The zero-order valence-corrected chi connectivity index (χ0v) is 11.5. The summed E-state index contributed by atoms with van der Waals surface area (Å²) in [6.45, 7) is 3.97. The van der Waals surface area contributed by atoms with Crippen LogP contribution in [0.1, 0.15) is 20.3 Å². The van der Waals surface area contributed by atoms with Crippen LogP contribution < -0.4 is 0 Å². The second-order valence-corrected chi connectivity index (χ2v) is 6.33. The molecule has 6 heteroatoms. The van der Waals surface area contributed by atoms with E-state index in [1.807, 2.05) is 13.8 Å². The first-order chi connectivity index (χ1) is 7.38. The SMILES string of the molecule is COC(=O)[C@H](CC(C)C)CP(=O)(OC)OC. The predicted molar refractivity (Wildman–Crippen MR) is 61.5 cm³/mol. The first-order valence-electron chi connectivity index (χ1n) is 5.17. The van der Waals surface area contributed by atoms with Crippen molar-refractivity contribution in [2.75, 3.05) is 27.5 Å². The second-order valence-electron chi connectivity index (χ2n) is 4.01. The van der Waals surface area contributed by atoms with Gasteiger partial charge in [0.05, 0.1) is 19.2 Å². The van der Waals surface area contributed by atoms with Crippen LogP contribution in [0.3, 0.4) is 0 Å². The number of esters is 1. The highest BCUT2D eigenvalue weighted by molar-refractivity contribution is 7.53. The second kappa shape index (κ2) is 7.05. The van der Waals surface area contributed by atoms with E-state index in [9.17, 15) is 9.36 Å². The van der Waals surface area contributed by atoms with E-state index >= 15 is 0 Å². The van der Waals surface area contributed by atoms with Gasteiger partial charge in [-0.1, -0.05) is 13.8 Å². The van der Waals surface area contributed by atoms with Gasteiger partial charge in [-0.25, -0.2) is 0 Å². The molecule has 0 N–H and O–H groups in total. The lowest BCUT2D eigenvalue weighted by Crippen LogP contribution is -2.22. The van der Waals surface area contributed by atoms with Gasteiger partial charge in [0.15, 0.2) is 0 Å². The normalized spacial score (nSPS) is 13.9. The standard InChI is InChI=1S/C10H21O5P/c1-8(2)6-9(10(11)13-3)7-16(12,14-4)15-5/h8-9H,6-7H2,1-5H3/t9-/m1/s1. The lowest BCUT2D eigenvalue weighted by atomic mass is 9.99. The fraction of sp³-hybridized carbons (Fsp3) is 0.900. The van der Waals surface area contributed by atoms with E-state index in [-0.39, 0.29) is 12.1 Å². The van der Waals surface area contributed by atoms with Gasteiger partial charge >= 0.3 is 13.6 Å². The summed E-state index contributed by atoms with van der Waals surface area (Å²) in [5.74, 6) is -0.509. The van der Waals surface area contributed by atoms with Crippen molar-refractivity contribution in [2.24, 2.45) is 11.8 Å². The van der Waals surface area contributed by atoms with Crippen LogP contribution in [0.25, 0.3) is 0 Å². The van der Waals surface area contributed by atoms with Gasteiger partial charge in [0.25, 0.3) is 0 Å². The van der Waals surface area contributed by atoms with E-state index in [0.717, 1.165) is 0 Å². The quantitative estimate of drug-likeness (QED) is 0.514. The molecule has 0 fully saturated rings. The van der Waals surface area contributed by atoms with Crippen LogP contribution in [0.5, 0.6) is 0 Å². The number of ether oxygens (including phenoxy) is 1. The molecule has 0 heterocycles. The van der Waals surface area contributed by atoms with Gasteiger partial charge in [0, 0.05) is 14.2 Å². The highest BCUT2D eigenvalue weighted by atomic mass is 31.2. The fourth-order valence-corrected chi connectivity index (χ4v) is 2.76. The monoisotopic (exact) mass is 252 g/mol. The first kappa shape index (κ1) is 15.6. The molecule has 96 valence electrons. The van der Waals surface area contributed by atoms with Crippen LogP contribution in [0.2, 0.25) is 0 Å². The Hall–Kier alpha value is -0.380. The molecular formula is C10H21O5P. The van der Waals surface area contributed by atoms with Gasteiger partial charge < -0.3 is 13.8 Å². The molecule has 16 heavy (non-hydrogen) atoms. The molecule has 0 rings (SSSR count). The largest absolute Gasteiger partial charge is 0.469 e. The number of hydrogen-bond acceptors (Lipinski definition) is 5. The van der Waals surface area contributed by atoms with Crippen molar-refractivity contribution in [3.05, 3.63) is 0 Å². The molecule has 0 aromatic carbocycles. The molecule has 0 radical (unpaired) electrons. The number of carbonyl (C=O) groups excluding carboxylic acids is 1. The molecule has 0 amide bonds. The van der Waals surface area contributed by atoms with Crippen molar-refractivity contribution in [2.45, 2.75) is 20.3 Å². The summed E-state index contributed by atoms with van der Waals surface area (Å²) < 4.78 is 26.2. The van der Waals surface area contributed by atoms with Gasteiger partial charge in [-0.3, -0.25) is 9.36 Å². The minimum absolute atomic E-state index is 0.0604. The summed E-state index contributed by atoms with van der Waals surface area (Å²) in [5, 5.41) is 0. The molecule has 0 unspecified atom stereocenters. The highest BCUT2D eigenvalue weighted by Gasteiger charge is 2.32. The highest BCUT2D eigenvalue weighted by Crippen LogP contribution is 2.48. The Bertz CT molecular complexity index is 256. The van der Waals surface area contributed by atoms with Gasteiger partial charge in [-0.15, -0.1) is 0 Å². The molecule has 0 saturated heterocycles. The third-order valence-corrected chi connectivity index (χ3v) is 4.29. The van der Waals surface area contributed by atoms with Crippen molar-refractivity contribution >= 4 is 13.6 Å². The average Bonchev–Trinajstić information content (AvgIpc) is 2.26. The Morgan fingerprint density at radius 1 is 1.19 bits per heavy atom. The third kappa shape index (κ3) is 5.10. The molecule has 0 aromatic rings. The number of hydrogen-bond donors (Lipinski definition) is 0. The molecule has 0 aliphatic rings. The van der Waals surface area contributed by atoms with Crippen LogP contribution >= 0.6 is 7.60 Å². The average molecular weight is 252 g/mol. The van der Waals surface area contributed by atoms with E-state index in [1.165, 1.54) is 21.3 Å². The maximum atomic E-state index is 11.9. The minimum Gasteiger partial charge on any atom is -0.469 e. The molecule has 0 spiro atoms. The summed E-state index contributed by atoms with van der Waals surface area (Å²) in [6, 6.07) is 0. The summed E-state index contributed by atoms with van der Waals surface area (Å²) in [5.41, 5.74) is 0. The van der Waals surface area contributed by atoms with Gasteiger partial charge in [-0.05, 0) is 12.3 Å². The Morgan fingerprint density at radius 3 is 2.00 bits per heavy atom. The lowest BCUT2D eigenvalue weighted by Gasteiger charge is -2.20. The Labute approximate surface area is 97.0 Å². The summed E-state index contributed by atoms with van der Waals surface area (Å²) in [7, 11) is 0.785. The van der Waals surface area contributed by atoms with Crippen LogP contribution in [-0.4, -0.2) is 33.5 Å². The third-order valence-electron chi connectivity index (χ3n) is 2.29. The molecule has 0 aliphatic carbocycles. The van der Waals surface area contributed by atoms with Crippen LogP contribution in [0.4, 0.5) is 0 Å². The molecule has 0 bridgehead atoms. The fourth-order valence-electron chi connectivity index (χ4n) is 1.47. The van der Waals surface area contributed by atoms with E-state index < -0.39 is 13.5 Å². The van der Waals surface area contributed by atoms with Crippen molar-refractivity contribution in [1.82, 2.24) is 0 Å². The van der Waals surface area contributed by atoms with Gasteiger partial charge in [-0.2, -0.15) is 0 Å². The number of carbonyl (C=O) groups is 1. The summed E-state index contributed by atoms with van der Waals surface area (Å²) in [4.78, 5) is 11.5. The Balaban J connectivity index is 4.65. The van der Waals surface area contributed by atoms with E-state index in [2.05, 4.69) is 4.74 Å². The van der Waals surface area contributed by atoms with Crippen molar-refractivity contribution < 1.29 is 23.1 Å². The number of methoxy groups -OCH3 is 1. The smallest absolute Gasteiger partial charge is 0.331 e. The minimum atomic E-state index is -3.16. The van der Waals surface area contributed by atoms with Crippen molar-refractivity contribution in [1.29, 1.82) is 0 Å². The van der Waals surface area contributed by atoms with Crippen molar-refractivity contribution in [3.8, 4) is 0 Å². The predicted octanol–water partition coefficient (Wildman–Crippen LogP) is 2.31. The zero-order valence-electron chi connectivity index (χ0n) is 10.6. The maximum absolute atomic E-state index is 11.9. The summed E-state index contributed by atoms with van der Waals surface area (Å²) >= 11 is 0. The molecule has 0 aromatic heterocycles. The maximum Gasteiger partial charge on any atom is 0.331 e. The molecule has 1 atom stereocenters. The Kier molecular flexibility index (Phi) is 6.88. The van der Waals surface area contributed by atoms with E-state index in [1.54, 1.807) is 0 Å². The first-order valence-corrected chi connectivity index (χ1v) is 6.89. The molecule has 5 nitrogen and oxygen atoms in total. The van der Waals surface area contributed by atoms with E-state index in [0.29, 0.717) is 12.3 Å². The van der Waals surface area contributed by atoms with Crippen LogP contribution in [0.15, 0.2) is 0 Å². The number of rotatable bonds is 7. The molecule has 0 aliphatic heterocycles. The Morgan fingerprint density at radius 2 is 1.69 bits per heavy atom. The summed E-state index contributed by atoms with van der Waals surface area (Å²) in [6.07, 6.45) is 0.661. The molecular weight excluding hydrogens is 231 g/mol. The van der Waals surface area contributed by atoms with E-state index in [4.69, 9.17) is 9.05 Å². The van der Waals surface area contributed by atoms with Gasteiger partial charge in [0.2, 0.25) is 0 Å². The van der Waals surface area contributed by atoms with Gasteiger partial charge in [0.1, 0.15) is 0 Å².